The van der Waals surface area contributed by atoms with Gasteiger partial charge in [-0.3, -0.25) is 9.59 Å². The number of aliphatic hydroxyl groups is 1. The summed E-state index contributed by atoms with van der Waals surface area (Å²) in [5.41, 5.74) is 2.72. The van der Waals surface area contributed by atoms with Crippen molar-refractivity contribution in [2.75, 3.05) is 32.8 Å². The van der Waals surface area contributed by atoms with E-state index in [0.29, 0.717) is 19.4 Å². The first-order chi connectivity index (χ1) is 26.5. The average Bonchev–Trinajstić information content (AvgIpc) is 3.17. The highest BCUT2D eigenvalue weighted by atomic mass is 16.5. The Morgan fingerprint density at radius 2 is 0.944 bits per heavy atom. The topological polar surface area (TPSA) is 76.1 Å². The summed E-state index contributed by atoms with van der Waals surface area (Å²) in [6, 6.07) is 8.89. The molecule has 1 aromatic rings. The third kappa shape index (κ3) is 31.3. The number of benzene rings is 1. The molecular formula is C48H87NO5. The first-order valence-corrected chi connectivity index (χ1v) is 23.3. The molecule has 1 N–H and O–H groups in total. The second kappa shape index (κ2) is 38.0. The number of hydrogen-bond donors (Lipinski definition) is 1. The van der Waals surface area contributed by atoms with E-state index in [1.54, 1.807) is 0 Å². The summed E-state index contributed by atoms with van der Waals surface area (Å²) in [5.74, 6) is -0.0540. The third-order valence-electron chi connectivity index (χ3n) is 10.9. The second-order valence-electron chi connectivity index (χ2n) is 16.1. The summed E-state index contributed by atoms with van der Waals surface area (Å²) in [7, 11) is 0. The van der Waals surface area contributed by atoms with Crippen LogP contribution in [-0.4, -0.2) is 60.9 Å². The minimum atomic E-state index is -0.0646. The van der Waals surface area contributed by atoms with Gasteiger partial charge in [0.15, 0.2) is 0 Å². The third-order valence-corrected chi connectivity index (χ3v) is 10.9. The molecule has 314 valence electrons. The molecule has 0 saturated carbocycles. The molecule has 0 bridgehead atoms. The summed E-state index contributed by atoms with van der Waals surface area (Å²) in [5, 5.41) is 9.57. The predicted octanol–water partition coefficient (Wildman–Crippen LogP) is 12.9. The van der Waals surface area contributed by atoms with Gasteiger partial charge in [0.05, 0.1) is 13.2 Å². The van der Waals surface area contributed by atoms with Crippen LogP contribution in [0.1, 0.15) is 218 Å². The number of rotatable bonds is 40. The zero-order valence-corrected chi connectivity index (χ0v) is 35.9. The summed E-state index contributed by atoms with van der Waals surface area (Å²) in [6.07, 6.45) is 34.9. The smallest absolute Gasteiger partial charge is 0.306 e. The van der Waals surface area contributed by atoms with Crippen LogP contribution in [0.15, 0.2) is 24.3 Å². The molecule has 6 nitrogen and oxygen atoms in total. The van der Waals surface area contributed by atoms with Gasteiger partial charge in [-0.15, -0.1) is 0 Å². The van der Waals surface area contributed by atoms with Gasteiger partial charge in [-0.05, 0) is 101 Å². The lowest BCUT2D eigenvalue weighted by Gasteiger charge is -2.21. The fourth-order valence-corrected chi connectivity index (χ4v) is 7.35. The van der Waals surface area contributed by atoms with Gasteiger partial charge in [0.25, 0.3) is 0 Å². The van der Waals surface area contributed by atoms with Crippen molar-refractivity contribution in [3.63, 3.8) is 0 Å². The van der Waals surface area contributed by atoms with Crippen LogP contribution in [0.3, 0.4) is 0 Å². The maximum atomic E-state index is 12.7. The van der Waals surface area contributed by atoms with Crippen molar-refractivity contribution in [1.29, 1.82) is 0 Å². The van der Waals surface area contributed by atoms with E-state index >= 15 is 0 Å². The van der Waals surface area contributed by atoms with Crippen molar-refractivity contribution in [2.24, 2.45) is 0 Å². The highest BCUT2D eigenvalue weighted by Gasteiger charge is 2.14. The highest BCUT2D eigenvalue weighted by molar-refractivity contribution is 5.69. The number of unbranched alkanes of at least 4 members (excludes halogenated alkanes) is 19. The Morgan fingerprint density at radius 1 is 0.519 bits per heavy atom. The average molecular weight is 758 g/mol. The standard InChI is InChI=1S/C48H87NO5/c1-4-7-10-12-16-22-31-46(32-23-17-13-11-8-5-2)54-48(52)34-25-19-15-21-27-40-49(41-42-50)39-26-20-14-18-24-33-47(51)53-43-28-30-45-37-35-44(36-38-45)29-9-6-3/h35-38,46,50H,4-34,39-43H2,1-3H3. The number of carbonyl (C=O) groups excluding carboxylic acids is 2. The Morgan fingerprint density at radius 3 is 1.44 bits per heavy atom. The first kappa shape index (κ1) is 50.1. The van der Waals surface area contributed by atoms with E-state index in [1.807, 2.05) is 0 Å². The van der Waals surface area contributed by atoms with Crippen LogP contribution in [0.25, 0.3) is 0 Å². The molecule has 0 aliphatic heterocycles. The molecule has 0 heterocycles. The van der Waals surface area contributed by atoms with Crippen LogP contribution in [0.2, 0.25) is 0 Å². The molecule has 54 heavy (non-hydrogen) atoms. The lowest BCUT2D eigenvalue weighted by atomic mass is 10.0. The Labute approximate surface area is 334 Å². The molecule has 6 heteroatoms. The quantitative estimate of drug-likeness (QED) is 0.0531. The Balaban J connectivity index is 2.09. The Kier molecular flexibility index (Phi) is 35.2. The molecule has 0 spiro atoms. The molecule has 0 aliphatic rings. The van der Waals surface area contributed by atoms with Gasteiger partial charge in [-0.1, -0.05) is 154 Å². The number of aliphatic hydroxyl groups excluding tert-OH is 1. The van der Waals surface area contributed by atoms with Crippen LogP contribution in [0.5, 0.6) is 0 Å². The van der Waals surface area contributed by atoms with E-state index in [4.69, 9.17) is 9.47 Å². The molecule has 0 aromatic heterocycles. The van der Waals surface area contributed by atoms with E-state index in [0.717, 1.165) is 116 Å². The zero-order valence-electron chi connectivity index (χ0n) is 35.9. The van der Waals surface area contributed by atoms with Crippen molar-refractivity contribution in [3.8, 4) is 0 Å². The summed E-state index contributed by atoms with van der Waals surface area (Å²) in [4.78, 5) is 27.3. The monoisotopic (exact) mass is 758 g/mol. The van der Waals surface area contributed by atoms with Crippen molar-refractivity contribution in [2.45, 2.75) is 226 Å². The number of ether oxygens (including phenoxy) is 2. The number of carbonyl (C=O) groups is 2. The van der Waals surface area contributed by atoms with Crippen molar-refractivity contribution < 1.29 is 24.2 Å². The zero-order chi connectivity index (χ0) is 39.2. The molecule has 0 radical (unpaired) electrons. The maximum absolute atomic E-state index is 12.7. The number of hydrogen-bond acceptors (Lipinski definition) is 6. The highest BCUT2D eigenvalue weighted by Crippen LogP contribution is 2.19. The lowest BCUT2D eigenvalue weighted by Crippen LogP contribution is -2.29. The molecular weight excluding hydrogens is 671 g/mol. The van der Waals surface area contributed by atoms with Gasteiger partial charge in [-0.2, -0.15) is 0 Å². The van der Waals surface area contributed by atoms with Gasteiger partial charge in [0, 0.05) is 19.4 Å². The molecule has 0 amide bonds. The minimum Gasteiger partial charge on any atom is -0.466 e. The number of esters is 2. The van der Waals surface area contributed by atoms with Crippen molar-refractivity contribution in [1.82, 2.24) is 4.90 Å². The summed E-state index contributed by atoms with van der Waals surface area (Å²) >= 11 is 0. The molecule has 1 aromatic carbocycles. The fraction of sp³-hybridized carbons (Fsp3) is 0.833. The first-order valence-electron chi connectivity index (χ1n) is 23.3. The molecule has 0 fully saturated rings. The molecule has 0 saturated heterocycles. The van der Waals surface area contributed by atoms with Gasteiger partial charge >= 0.3 is 11.9 Å². The van der Waals surface area contributed by atoms with Crippen LogP contribution >= 0.6 is 0 Å². The van der Waals surface area contributed by atoms with Crippen molar-refractivity contribution in [3.05, 3.63) is 35.4 Å². The van der Waals surface area contributed by atoms with Gasteiger partial charge in [0.1, 0.15) is 6.10 Å². The van der Waals surface area contributed by atoms with Gasteiger partial charge in [-0.25, -0.2) is 0 Å². The van der Waals surface area contributed by atoms with Crippen molar-refractivity contribution >= 4 is 11.9 Å². The number of aryl methyl sites for hydroxylation is 2. The predicted molar refractivity (Wildman–Crippen MR) is 229 cm³/mol. The number of nitrogens with zero attached hydrogens (tertiary/aromatic N) is 1. The SMILES string of the molecule is CCCCCCCCC(CCCCCCCC)OC(=O)CCCCCCCN(CCO)CCCCCCCC(=O)OCCCc1ccc(CCCC)cc1. The maximum Gasteiger partial charge on any atom is 0.306 e. The molecule has 0 aliphatic carbocycles. The van der Waals surface area contributed by atoms with E-state index < -0.39 is 0 Å². The van der Waals surface area contributed by atoms with Gasteiger partial charge in [0.2, 0.25) is 0 Å². The van der Waals surface area contributed by atoms with E-state index in [-0.39, 0.29) is 24.6 Å². The van der Waals surface area contributed by atoms with E-state index in [1.165, 1.54) is 101 Å². The van der Waals surface area contributed by atoms with Crippen LogP contribution in [0, 0.1) is 0 Å². The van der Waals surface area contributed by atoms with E-state index in [2.05, 4.69) is 49.9 Å². The lowest BCUT2D eigenvalue weighted by molar-refractivity contribution is -0.150. The normalized spacial score (nSPS) is 11.5. The Hall–Kier alpha value is -1.92. The van der Waals surface area contributed by atoms with Crippen LogP contribution in [0.4, 0.5) is 0 Å². The molecule has 0 atom stereocenters. The Bertz CT molecular complexity index is 950. The van der Waals surface area contributed by atoms with Crippen LogP contribution < -0.4 is 0 Å². The second-order valence-corrected chi connectivity index (χ2v) is 16.1. The molecule has 0 unspecified atom stereocenters. The van der Waals surface area contributed by atoms with Gasteiger partial charge < -0.3 is 19.5 Å². The fourth-order valence-electron chi connectivity index (χ4n) is 7.35. The minimum absolute atomic E-state index is 0.0106. The largest absolute Gasteiger partial charge is 0.466 e. The molecule has 1 rings (SSSR count). The summed E-state index contributed by atoms with van der Waals surface area (Å²) < 4.78 is 11.5. The van der Waals surface area contributed by atoms with Crippen LogP contribution in [-0.2, 0) is 31.9 Å². The summed E-state index contributed by atoms with van der Waals surface area (Å²) in [6.45, 7) is 10.2. The van der Waals surface area contributed by atoms with E-state index in [9.17, 15) is 14.7 Å².